The summed E-state index contributed by atoms with van der Waals surface area (Å²) in [5, 5.41) is 5.26. The van der Waals surface area contributed by atoms with Gasteiger partial charge in [-0.25, -0.2) is 9.59 Å². The van der Waals surface area contributed by atoms with Gasteiger partial charge in [0.2, 0.25) is 5.91 Å². The first-order chi connectivity index (χ1) is 11.2. The Bertz CT molecular complexity index is 632. The molecule has 0 aromatic heterocycles. The summed E-state index contributed by atoms with van der Waals surface area (Å²) >= 11 is 0. The van der Waals surface area contributed by atoms with Crippen molar-refractivity contribution in [1.82, 2.24) is 5.32 Å². The van der Waals surface area contributed by atoms with Gasteiger partial charge < -0.3 is 20.1 Å². The minimum atomic E-state index is -0.620. The van der Waals surface area contributed by atoms with Gasteiger partial charge in [-0.1, -0.05) is 18.2 Å². The van der Waals surface area contributed by atoms with Gasteiger partial charge in [0.1, 0.15) is 5.60 Å². The topological polar surface area (TPSA) is 93.7 Å². The van der Waals surface area contributed by atoms with Crippen LogP contribution in [0.25, 0.3) is 0 Å². The van der Waals surface area contributed by atoms with Crippen LogP contribution in [0.4, 0.5) is 10.5 Å². The fraction of sp³-hybridized carbons (Fsp3) is 0.353. The van der Waals surface area contributed by atoms with Gasteiger partial charge in [-0.15, -0.1) is 0 Å². The van der Waals surface area contributed by atoms with Gasteiger partial charge in [0.25, 0.3) is 0 Å². The van der Waals surface area contributed by atoms with Crippen molar-refractivity contribution in [3.05, 3.63) is 42.0 Å². The Morgan fingerprint density at radius 2 is 1.79 bits per heavy atom. The molecule has 2 N–H and O–H groups in total. The number of hydrogen-bond donors (Lipinski definition) is 2. The normalized spacial score (nSPS) is 11.0. The smallest absolute Gasteiger partial charge is 0.407 e. The Morgan fingerprint density at radius 3 is 2.42 bits per heavy atom. The predicted molar refractivity (Wildman–Crippen MR) is 89.3 cm³/mol. The number of para-hydroxylation sites is 1. The molecule has 0 heterocycles. The second kappa shape index (κ2) is 8.71. The highest BCUT2D eigenvalue weighted by Gasteiger charge is 2.16. The summed E-state index contributed by atoms with van der Waals surface area (Å²) in [4.78, 5) is 34.5. The zero-order chi connectivity index (χ0) is 18.2. The van der Waals surface area contributed by atoms with E-state index in [1.807, 2.05) is 0 Å². The van der Waals surface area contributed by atoms with E-state index >= 15 is 0 Å². The summed E-state index contributed by atoms with van der Waals surface area (Å²) < 4.78 is 9.57. The third-order valence-electron chi connectivity index (χ3n) is 2.67. The number of rotatable bonds is 5. The average Bonchev–Trinajstić information content (AvgIpc) is 2.50. The van der Waals surface area contributed by atoms with Gasteiger partial charge in [-0.3, -0.25) is 4.79 Å². The fourth-order valence-electron chi connectivity index (χ4n) is 1.66. The van der Waals surface area contributed by atoms with Gasteiger partial charge in [-0.05, 0) is 32.4 Å². The zero-order valence-electron chi connectivity index (χ0n) is 14.2. The zero-order valence-corrected chi connectivity index (χ0v) is 14.2. The minimum Gasteiger partial charge on any atom is -0.466 e. The van der Waals surface area contributed by atoms with Gasteiger partial charge >= 0.3 is 12.1 Å². The lowest BCUT2D eigenvalue weighted by molar-refractivity contribution is -0.135. The van der Waals surface area contributed by atoms with E-state index in [0.717, 1.165) is 12.2 Å². The second-order valence-corrected chi connectivity index (χ2v) is 5.86. The van der Waals surface area contributed by atoms with Crippen molar-refractivity contribution >= 4 is 23.7 Å². The molecule has 0 aliphatic heterocycles. The summed E-state index contributed by atoms with van der Waals surface area (Å²) in [6.45, 7) is 5.50. The largest absolute Gasteiger partial charge is 0.466 e. The number of benzene rings is 1. The van der Waals surface area contributed by atoms with Gasteiger partial charge in [0, 0.05) is 24.4 Å². The van der Waals surface area contributed by atoms with Crippen LogP contribution in [0.5, 0.6) is 0 Å². The molecule has 1 rings (SSSR count). The van der Waals surface area contributed by atoms with Crippen LogP contribution < -0.4 is 10.6 Å². The number of esters is 1. The Hall–Kier alpha value is -2.83. The van der Waals surface area contributed by atoms with E-state index in [1.165, 1.54) is 7.11 Å². The lowest BCUT2D eigenvalue weighted by Gasteiger charge is -2.20. The lowest BCUT2D eigenvalue weighted by Crippen LogP contribution is -2.32. The van der Waals surface area contributed by atoms with Crippen LogP contribution >= 0.6 is 0 Å². The number of alkyl carbamates (subject to hydrolysis) is 1. The maximum Gasteiger partial charge on any atom is 0.407 e. The SMILES string of the molecule is COC(=O)/C=C\C(=O)Nc1ccccc1CNC(=O)OC(C)(C)C. The quantitative estimate of drug-likeness (QED) is 0.637. The molecule has 0 saturated carbocycles. The number of anilines is 1. The van der Waals surface area contributed by atoms with Crippen LogP contribution in [0.1, 0.15) is 26.3 Å². The molecule has 1 aromatic carbocycles. The maximum atomic E-state index is 11.8. The van der Waals surface area contributed by atoms with Gasteiger partial charge in [-0.2, -0.15) is 0 Å². The highest BCUT2D eigenvalue weighted by molar-refractivity contribution is 6.02. The third-order valence-corrected chi connectivity index (χ3v) is 2.67. The number of hydrogen-bond acceptors (Lipinski definition) is 5. The summed E-state index contributed by atoms with van der Waals surface area (Å²) in [7, 11) is 1.22. The molecule has 0 unspecified atom stereocenters. The van der Waals surface area contributed by atoms with Crippen molar-refractivity contribution < 1.29 is 23.9 Å². The first-order valence-corrected chi connectivity index (χ1v) is 7.33. The van der Waals surface area contributed by atoms with E-state index in [4.69, 9.17) is 4.74 Å². The first kappa shape index (κ1) is 19.2. The van der Waals surface area contributed by atoms with E-state index in [0.29, 0.717) is 11.3 Å². The predicted octanol–water partition coefficient (Wildman–Crippen LogP) is 2.38. The molecule has 1 aromatic rings. The van der Waals surface area contributed by atoms with Crippen molar-refractivity contribution in [3.8, 4) is 0 Å². The van der Waals surface area contributed by atoms with Crippen LogP contribution in [0.2, 0.25) is 0 Å². The molecule has 0 atom stereocenters. The number of carbonyl (C=O) groups excluding carboxylic acids is 3. The number of methoxy groups -OCH3 is 1. The molecule has 0 aliphatic carbocycles. The summed E-state index contributed by atoms with van der Waals surface area (Å²) in [5.41, 5.74) is 0.632. The first-order valence-electron chi connectivity index (χ1n) is 7.33. The van der Waals surface area contributed by atoms with Crippen LogP contribution in [-0.2, 0) is 25.6 Å². The van der Waals surface area contributed by atoms with Crippen LogP contribution in [0.3, 0.4) is 0 Å². The average molecular weight is 334 g/mol. The van der Waals surface area contributed by atoms with E-state index in [2.05, 4.69) is 15.4 Å². The summed E-state index contributed by atoms with van der Waals surface area (Å²) in [5.74, 6) is -1.10. The minimum absolute atomic E-state index is 0.187. The molecule has 24 heavy (non-hydrogen) atoms. The monoisotopic (exact) mass is 334 g/mol. The van der Waals surface area contributed by atoms with Crippen molar-refractivity contribution in [1.29, 1.82) is 0 Å². The highest BCUT2D eigenvalue weighted by atomic mass is 16.6. The molecular formula is C17H22N2O5. The Morgan fingerprint density at radius 1 is 1.12 bits per heavy atom. The molecule has 7 heteroatoms. The Balaban J connectivity index is 2.68. The lowest BCUT2D eigenvalue weighted by atomic mass is 10.1. The van der Waals surface area contributed by atoms with Crippen molar-refractivity contribution in [2.75, 3.05) is 12.4 Å². The van der Waals surface area contributed by atoms with E-state index < -0.39 is 23.6 Å². The van der Waals surface area contributed by atoms with Crippen molar-refractivity contribution in [3.63, 3.8) is 0 Å². The number of ether oxygens (including phenoxy) is 2. The molecule has 0 aliphatic rings. The van der Waals surface area contributed by atoms with Gasteiger partial charge in [0.05, 0.1) is 7.11 Å². The standard InChI is InChI=1S/C17H22N2O5/c1-17(2,3)24-16(22)18-11-12-7-5-6-8-13(12)19-14(20)9-10-15(21)23-4/h5-10H,11H2,1-4H3,(H,18,22)(H,19,20)/b10-9-. The Labute approximate surface area is 141 Å². The molecule has 0 saturated heterocycles. The molecule has 7 nitrogen and oxygen atoms in total. The third kappa shape index (κ3) is 7.44. The Kier molecular flexibility index (Phi) is 6.98. The van der Waals surface area contributed by atoms with E-state index in [1.54, 1.807) is 45.0 Å². The van der Waals surface area contributed by atoms with Crippen LogP contribution in [0.15, 0.2) is 36.4 Å². The van der Waals surface area contributed by atoms with E-state index in [9.17, 15) is 14.4 Å². The van der Waals surface area contributed by atoms with Crippen molar-refractivity contribution in [2.45, 2.75) is 32.9 Å². The molecule has 0 spiro atoms. The maximum absolute atomic E-state index is 11.8. The molecule has 0 radical (unpaired) electrons. The highest BCUT2D eigenvalue weighted by Crippen LogP contribution is 2.15. The fourth-order valence-corrected chi connectivity index (χ4v) is 1.66. The summed E-state index contributed by atoms with van der Waals surface area (Å²) in [6.07, 6.45) is 1.55. The molecule has 130 valence electrons. The molecule has 0 bridgehead atoms. The van der Waals surface area contributed by atoms with Gasteiger partial charge in [0.15, 0.2) is 0 Å². The molecule has 2 amide bonds. The van der Waals surface area contributed by atoms with Crippen molar-refractivity contribution in [2.24, 2.45) is 0 Å². The number of nitrogens with one attached hydrogen (secondary N) is 2. The second-order valence-electron chi connectivity index (χ2n) is 5.86. The van der Waals surface area contributed by atoms with Crippen LogP contribution in [0, 0.1) is 0 Å². The number of carbonyl (C=O) groups is 3. The summed E-state index contributed by atoms with van der Waals surface area (Å²) in [6, 6.07) is 6.98. The molecular weight excluding hydrogens is 312 g/mol. The number of amides is 2. The van der Waals surface area contributed by atoms with Crippen LogP contribution in [-0.4, -0.2) is 30.7 Å². The van der Waals surface area contributed by atoms with E-state index in [-0.39, 0.29) is 6.54 Å². The molecule has 0 fully saturated rings.